The average molecular weight is 302 g/mol. The highest BCUT2D eigenvalue weighted by atomic mass is 79.9. The van der Waals surface area contributed by atoms with E-state index in [1.807, 2.05) is 6.07 Å². The molecular weight excluding hydrogens is 285 g/mol. The lowest BCUT2D eigenvalue weighted by Gasteiger charge is -2.30. The second-order valence-electron chi connectivity index (χ2n) is 4.61. The van der Waals surface area contributed by atoms with Gasteiger partial charge < -0.3 is 5.11 Å². The van der Waals surface area contributed by atoms with Gasteiger partial charge in [-0.05, 0) is 43.0 Å². The van der Waals surface area contributed by atoms with E-state index < -0.39 is 6.23 Å². The van der Waals surface area contributed by atoms with Crippen LogP contribution in [0.1, 0.15) is 24.5 Å². The summed E-state index contributed by atoms with van der Waals surface area (Å²) in [6, 6.07) is 5.24. The molecule has 1 aliphatic rings. The molecule has 2 atom stereocenters. The smallest absolute Gasteiger partial charge is 0.123 e. The van der Waals surface area contributed by atoms with Crippen molar-refractivity contribution in [1.82, 2.24) is 4.90 Å². The van der Waals surface area contributed by atoms with E-state index in [9.17, 15) is 9.50 Å². The van der Waals surface area contributed by atoms with Crippen molar-refractivity contribution in [3.05, 3.63) is 35.1 Å². The second-order valence-corrected chi connectivity index (χ2v) is 5.26. The van der Waals surface area contributed by atoms with Gasteiger partial charge in [-0.1, -0.05) is 22.0 Å². The molecule has 17 heavy (non-hydrogen) atoms. The Hall–Kier alpha value is -0.450. The number of aliphatic hydroxyl groups excluding tert-OH is 1. The van der Waals surface area contributed by atoms with Gasteiger partial charge in [0.15, 0.2) is 0 Å². The fourth-order valence-electron chi connectivity index (χ4n) is 2.35. The van der Waals surface area contributed by atoms with Crippen molar-refractivity contribution >= 4 is 15.9 Å². The van der Waals surface area contributed by atoms with Gasteiger partial charge in [0.1, 0.15) is 12.0 Å². The van der Waals surface area contributed by atoms with Gasteiger partial charge in [0.25, 0.3) is 0 Å². The molecule has 1 N–H and O–H groups in total. The maximum Gasteiger partial charge on any atom is 0.123 e. The summed E-state index contributed by atoms with van der Waals surface area (Å²) in [4.78, 5) is 2.05. The van der Waals surface area contributed by atoms with Crippen molar-refractivity contribution in [2.24, 2.45) is 0 Å². The number of aliphatic hydroxyl groups is 1. The van der Waals surface area contributed by atoms with Crippen LogP contribution in [0.5, 0.6) is 0 Å². The minimum absolute atomic E-state index is 0.175. The van der Waals surface area contributed by atoms with Crippen LogP contribution < -0.4 is 0 Å². The Morgan fingerprint density at radius 3 is 3.00 bits per heavy atom. The number of alkyl halides is 1. The fraction of sp³-hybridized carbons (Fsp3) is 0.538. The minimum atomic E-state index is -0.485. The van der Waals surface area contributed by atoms with E-state index in [2.05, 4.69) is 27.8 Å². The zero-order valence-electron chi connectivity index (χ0n) is 9.87. The zero-order valence-corrected chi connectivity index (χ0v) is 11.5. The van der Waals surface area contributed by atoms with E-state index >= 15 is 0 Å². The van der Waals surface area contributed by atoms with E-state index in [4.69, 9.17) is 0 Å². The lowest BCUT2D eigenvalue weighted by atomic mass is 10.0. The molecule has 1 unspecified atom stereocenters. The van der Waals surface area contributed by atoms with E-state index in [0.717, 1.165) is 24.0 Å². The molecule has 0 radical (unpaired) electrons. The van der Waals surface area contributed by atoms with Crippen molar-refractivity contribution < 1.29 is 9.50 Å². The van der Waals surface area contributed by atoms with Crippen LogP contribution in [0.2, 0.25) is 0 Å². The van der Waals surface area contributed by atoms with Crippen molar-refractivity contribution in [2.45, 2.75) is 38.6 Å². The molecule has 94 valence electrons. The van der Waals surface area contributed by atoms with E-state index in [1.54, 1.807) is 6.07 Å². The van der Waals surface area contributed by atoms with Crippen molar-refractivity contribution in [3.63, 3.8) is 0 Å². The van der Waals surface area contributed by atoms with Crippen molar-refractivity contribution in [2.75, 3.05) is 5.33 Å². The molecule has 1 aliphatic heterocycles. The third-order valence-corrected chi connectivity index (χ3v) is 4.02. The van der Waals surface area contributed by atoms with Gasteiger partial charge in [0, 0.05) is 17.9 Å². The molecule has 0 spiro atoms. The van der Waals surface area contributed by atoms with Crippen LogP contribution in [-0.2, 0) is 13.0 Å². The molecule has 2 rings (SSSR count). The summed E-state index contributed by atoms with van der Waals surface area (Å²) < 4.78 is 13.2. The van der Waals surface area contributed by atoms with Crippen LogP contribution >= 0.6 is 15.9 Å². The molecule has 4 heteroatoms. The Kier molecular flexibility index (Phi) is 4.17. The lowest BCUT2D eigenvalue weighted by Crippen LogP contribution is -2.41. The number of hydrogen-bond acceptors (Lipinski definition) is 2. The largest absolute Gasteiger partial charge is 0.377 e. The summed E-state index contributed by atoms with van der Waals surface area (Å²) in [5, 5.41) is 10.5. The predicted molar refractivity (Wildman–Crippen MR) is 69.5 cm³/mol. The first-order valence-corrected chi connectivity index (χ1v) is 7.01. The number of halogens is 2. The molecule has 0 aliphatic carbocycles. The maximum atomic E-state index is 13.2. The topological polar surface area (TPSA) is 23.5 Å². The Morgan fingerprint density at radius 2 is 2.29 bits per heavy atom. The van der Waals surface area contributed by atoms with Crippen LogP contribution in [-0.4, -0.2) is 27.6 Å². The fourth-order valence-corrected chi connectivity index (χ4v) is 2.72. The van der Waals surface area contributed by atoms with Gasteiger partial charge >= 0.3 is 0 Å². The summed E-state index contributed by atoms with van der Waals surface area (Å²) in [5.74, 6) is -0.175. The Bertz CT molecular complexity index is 399. The maximum absolute atomic E-state index is 13.2. The van der Waals surface area contributed by atoms with Crippen LogP contribution in [0.25, 0.3) is 0 Å². The summed E-state index contributed by atoms with van der Waals surface area (Å²) >= 11 is 3.30. The summed E-state index contributed by atoms with van der Waals surface area (Å²) in [7, 11) is 0. The van der Waals surface area contributed by atoms with Crippen LogP contribution in [0.15, 0.2) is 18.2 Å². The molecule has 2 nitrogen and oxygen atoms in total. The highest BCUT2D eigenvalue weighted by Crippen LogP contribution is 2.24. The molecule has 0 saturated carbocycles. The SMILES string of the molecule is C[C@H]1CCc2cc(F)ccc2CN1C(O)CBr. The third-order valence-electron chi connectivity index (χ3n) is 3.44. The molecule has 1 aromatic rings. The third kappa shape index (κ3) is 2.87. The number of aryl methyl sites for hydroxylation is 1. The summed E-state index contributed by atoms with van der Waals surface area (Å²) in [5.41, 5.74) is 2.19. The predicted octanol–water partition coefficient (Wildman–Crippen LogP) is 2.68. The normalized spacial score (nSPS) is 22.9. The number of nitrogens with zero attached hydrogens (tertiary/aromatic N) is 1. The first-order chi connectivity index (χ1) is 8.11. The van der Waals surface area contributed by atoms with Crippen LogP contribution in [0, 0.1) is 5.82 Å². The highest BCUT2D eigenvalue weighted by molar-refractivity contribution is 9.09. The Balaban J connectivity index is 2.27. The highest BCUT2D eigenvalue weighted by Gasteiger charge is 2.25. The lowest BCUT2D eigenvalue weighted by molar-refractivity contribution is -0.00888. The molecule has 1 heterocycles. The van der Waals surface area contributed by atoms with Crippen LogP contribution in [0.3, 0.4) is 0 Å². The zero-order chi connectivity index (χ0) is 12.4. The molecule has 1 aromatic carbocycles. The van der Waals surface area contributed by atoms with Gasteiger partial charge in [-0.3, -0.25) is 4.90 Å². The number of fused-ring (bicyclic) bond motifs is 1. The van der Waals surface area contributed by atoms with Gasteiger partial charge in [-0.15, -0.1) is 0 Å². The van der Waals surface area contributed by atoms with E-state index in [-0.39, 0.29) is 5.82 Å². The molecule has 0 fully saturated rings. The Morgan fingerprint density at radius 1 is 1.53 bits per heavy atom. The van der Waals surface area contributed by atoms with Gasteiger partial charge in [-0.25, -0.2) is 4.39 Å². The monoisotopic (exact) mass is 301 g/mol. The summed E-state index contributed by atoms with van der Waals surface area (Å²) in [6.45, 7) is 2.79. The second kappa shape index (κ2) is 5.46. The molecular formula is C13H17BrFNO. The number of hydrogen-bond donors (Lipinski definition) is 1. The van der Waals surface area contributed by atoms with Crippen molar-refractivity contribution in [3.8, 4) is 0 Å². The number of benzene rings is 1. The molecule has 0 saturated heterocycles. The Labute approximate surface area is 110 Å². The average Bonchev–Trinajstić information content (AvgIpc) is 2.48. The first-order valence-electron chi connectivity index (χ1n) is 5.89. The molecule has 0 amide bonds. The van der Waals surface area contributed by atoms with Gasteiger partial charge in [0.2, 0.25) is 0 Å². The van der Waals surface area contributed by atoms with E-state index in [0.29, 0.717) is 17.9 Å². The standard InChI is InChI=1S/C13H17BrFNO/c1-9-2-3-10-6-12(15)5-4-11(10)8-16(9)13(17)7-14/h4-6,9,13,17H,2-3,7-8H2,1H3/t9-,13?/m0/s1. The molecule has 0 bridgehead atoms. The van der Waals surface area contributed by atoms with Crippen molar-refractivity contribution in [1.29, 1.82) is 0 Å². The van der Waals surface area contributed by atoms with Gasteiger partial charge in [-0.2, -0.15) is 0 Å². The van der Waals surface area contributed by atoms with Gasteiger partial charge in [0.05, 0.1) is 0 Å². The minimum Gasteiger partial charge on any atom is -0.377 e. The van der Waals surface area contributed by atoms with Crippen LogP contribution in [0.4, 0.5) is 4.39 Å². The molecule has 0 aromatic heterocycles. The first kappa shape index (κ1) is 13.0. The van der Waals surface area contributed by atoms with E-state index in [1.165, 1.54) is 6.07 Å². The summed E-state index contributed by atoms with van der Waals surface area (Å²) in [6.07, 6.45) is 1.33. The quantitative estimate of drug-likeness (QED) is 0.849. The number of rotatable bonds is 2.